The van der Waals surface area contributed by atoms with Crippen LogP contribution in [-0.4, -0.2) is 16.8 Å². The minimum Gasteiger partial charge on any atom is -0.573 e. The summed E-state index contributed by atoms with van der Waals surface area (Å²) in [6, 6.07) is 24.1. The van der Waals surface area contributed by atoms with Crippen LogP contribution in [0.25, 0.3) is 15.8 Å². The highest BCUT2D eigenvalue weighted by molar-refractivity contribution is 7.94. The van der Waals surface area contributed by atoms with Crippen LogP contribution in [0.5, 0.6) is 0 Å². The molecule has 178 valence electrons. The van der Waals surface area contributed by atoms with Gasteiger partial charge in [-0.05, 0) is 84.5 Å². The van der Waals surface area contributed by atoms with E-state index in [0.717, 1.165) is 33.4 Å². The van der Waals surface area contributed by atoms with E-state index in [-0.39, 0.29) is 9.79 Å². The van der Waals surface area contributed by atoms with Crippen LogP contribution in [0.2, 0.25) is 0 Å². The Kier molecular flexibility index (Phi) is 5.65. The molecule has 4 aromatic carbocycles. The second-order valence-electron chi connectivity index (χ2n) is 8.70. The zero-order valence-electron chi connectivity index (χ0n) is 19.2. The van der Waals surface area contributed by atoms with Crippen LogP contribution in [0, 0.1) is 13.8 Å². The maximum absolute atomic E-state index is 13.0. The fourth-order valence-electron chi connectivity index (χ4n) is 4.29. The molecule has 0 unspecified atom stereocenters. The Morgan fingerprint density at radius 1 is 0.686 bits per heavy atom. The summed E-state index contributed by atoms with van der Waals surface area (Å²) in [5.74, 6) is 0. The molecule has 0 radical (unpaired) electrons. The molecule has 35 heavy (non-hydrogen) atoms. The van der Waals surface area contributed by atoms with Crippen LogP contribution in [0.3, 0.4) is 0 Å². The second-order valence-corrected chi connectivity index (χ2v) is 12.0. The van der Waals surface area contributed by atoms with Crippen LogP contribution in [0.4, 0.5) is 11.4 Å². The average molecular weight is 504 g/mol. The van der Waals surface area contributed by atoms with Crippen LogP contribution in [-0.2, 0) is 26.5 Å². The number of sulfonamides is 2. The number of hydrogen-bond donors (Lipinski definition) is 1. The summed E-state index contributed by atoms with van der Waals surface area (Å²) in [6.45, 7) is 3.77. The molecular weight excluding hydrogens is 480 g/mol. The van der Waals surface area contributed by atoms with Crippen molar-refractivity contribution in [1.29, 1.82) is 0 Å². The van der Waals surface area contributed by atoms with Gasteiger partial charge in [0.25, 0.3) is 10.0 Å². The summed E-state index contributed by atoms with van der Waals surface area (Å²) in [5.41, 5.74) is 6.20. The standard InChI is InChI=1S/C27H23N2O4S2/c1-18-5-3-7-22(13-18)28-34(30,31)24-9-11-26-20(16-24)15-21-17-25(10-12-27(21)26)35(32,33)29-23-8-4-6-19(2)14-23/h3-14,16-17,28H,15H2,1-2H3/q-1. The molecule has 6 nitrogen and oxygen atoms in total. The van der Waals surface area contributed by atoms with E-state index in [2.05, 4.69) is 9.44 Å². The van der Waals surface area contributed by atoms with Crippen LogP contribution < -0.4 is 4.72 Å². The number of hydrogen-bond acceptors (Lipinski definition) is 4. The van der Waals surface area contributed by atoms with Gasteiger partial charge in [0.2, 0.25) is 0 Å². The average Bonchev–Trinajstić information content (AvgIpc) is 3.15. The quantitative estimate of drug-likeness (QED) is 0.304. The van der Waals surface area contributed by atoms with E-state index in [1.165, 1.54) is 0 Å². The first kappa shape index (κ1) is 23.1. The highest BCUT2D eigenvalue weighted by Crippen LogP contribution is 2.40. The minimum atomic E-state index is -3.89. The number of anilines is 1. The van der Waals surface area contributed by atoms with Crippen molar-refractivity contribution in [2.45, 2.75) is 30.1 Å². The Morgan fingerprint density at radius 3 is 1.94 bits per heavy atom. The monoisotopic (exact) mass is 503 g/mol. The van der Waals surface area contributed by atoms with Crippen LogP contribution in [0.15, 0.2) is 94.7 Å². The molecule has 0 aliphatic heterocycles. The van der Waals surface area contributed by atoms with Gasteiger partial charge < -0.3 is 4.72 Å². The largest absolute Gasteiger partial charge is 0.573 e. The predicted octanol–water partition coefficient (Wildman–Crippen LogP) is 6.07. The maximum atomic E-state index is 13.0. The predicted molar refractivity (Wildman–Crippen MR) is 138 cm³/mol. The molecule has 1 aliphatic rings. The van der Waals surface area contributed by atoms with E-state index in [1.54, 1.807) is 72.8 Å². The topological polar surface area (TPSA) is 94.4 Å². The van der Waals surface area contributed by atoms with E-state index >= 15 is 0 Å². The SMILES string of the molecule is Cc1cccc([N-]S(=O)(=O)c2ccc3c(c2)Cc2cc(S(=O)(=O)Nc4cccc(C)c4)ccc2-3)c1. The normalized spacial score (nSPS) is 12.6. The van der Waals surface area contributed by atoms with Gasteiger partial charge in [0.05, 0.1) is 9.79 Å². The Labute approximate surface area is 205 Å². The number of rotatable bonds is 6. The summed E-state index contributed by atoms with van der Waals surface area (Å²) in [4.78, 5) is 0.271. The molecule has 0 amide bonds. The summed E-state index contributed by atoms with van der Waals surface area (Å²) < 4.78 is 58.4. The van der Waals surface area contributed by atoms with Gasteiger partial charge in [-0.15, -0.1) is 5.69 Å². The molecule has 0 fully saturated rings. The van der Waals surface area contributed by atoms with Crippen molar-refractivity contribution in [3.05, 3.63) is 112 Å². The molecule has 4 aromatic rings. The zero-order chi connectivity index (χ0) is 24.8. The minimum absolute atomic E-state index is 0.111. The zero-order valence-corrected chi connectivity index (χ0v) is 20.8. The molecule has 1 N–H and O–H groups in total. The lowest BCUT2D eigenvalue weighted by Gasteiger charge is -2.22. The number of nitrogens with one attached hydrogen (secondary N) is 1. The van der Waals surface area contributed by atoms with Crippen molar-refractivity contribution in [3.8, 4) is 11.1 Å². The first-order valence-corrected chi connectivity index (χ1v) is 13.9. The van der Waals surface area contributed by atoms with Gasteiger partial charge in [-0.1, -0.05) is 54.1 Å². The van der Waals surface area contributed by atoms with Gasteiger partial charge in [-0.25, -0.2) is 16.8 Å². The van der Waals surface area contributed by atoms with Gasteiger partial charge in [0.15, 0.2) is 0 Å². The lowest BCUT2D eigenvalue weighted by Crippen LogP contribution is -2.13. The van der Waals surface area contributed by atoms with Crippen LogP contribution >= 0.6 is 0 Å². The molecule has 0 saturated heterocycles. The van der Waals surface area contributed by atoms with Crippen molar-refractivity contribution in [1.82, 2.24) is 0 Å². The maximum Gasteiger partial charge on any atom is 0.261 e. The molecule has 5 rings (SSSR count). The molecule has 0 atom stereocenters. The molecule has 0 aromatic heterocycles. The van der Waals surface area contributed by atoms with Crippen LogP contribution in [0.1, 0.15) is 22.3 Å². The van der Waals surface area contributed by atoms with E-state index in [0.29, 0.717) is 17.8 Å². The summed E-state index contributed by atoms with van der Waals surface area (Å²) in [7, 11) is -7.66. The summed E-state index contributed by atoms with van der Waals surface area (Å²) in [5, 5.41) is 0. The first-order valence-electron chi connectivity index (χ1n) is 11.0. The molecule has 8 heteroatoms. The van der Waals surface area contributed by atoms with E-state index in [1.807, 2.05) is 26.0 Å². The third kappa shape index (κ3) is 4.67. The Balaban J connectivity index is 1.41. The fourth-order valence-corrected chi connectivity index (χ4v) is 6.42. The first-order chi connectivity index (χ1) is 16.6. The number of aryl methyl sites for hydroxylation is 2. The third-order valence-electron chi connectivity index (χ3n) is 5.93. The molecule has 0 bridgehead atoms. The Hall–Kier alpha value is -3.62. The molecule has 0 saturated carbocycles. The second kappa shape index (κ2) is 8.55. The van der Waals surface area contributed by atoms with Crippen molar-refractivity contribution in [2.24, 2.45) is 0 Å². The van der Waals surface area contributed by atoms with Gasteiger partial charge in [0.1, 0.15) is 10.0 Å². The van der Waals surface area contributed by atoms with E-state index < -0.39 is 20.0 Å². The number of fused-ring (bicyclic) bond motifs is 3. The van der Waals surface area contributed by atoms with E-state index in [9.17, 15) is 16.8 Å². The van der Waals surface area contributed by atoms with E-state index in [4.69, 9.17) is 0 Å². The summed E-state index contributed by atoms with van der Waals surface area (Å²) in [6.07, 6.45) is 0.437. The van der Waals surface area contributed by atoms with Gasteiger partial charge in [0, 0.05) is 5.69 Å². The number of nitrogens with zero attached hydrogens (tertiary/aromatic N) is 1. The smallest absolute Gasteiger partial charge is 0.261 e. The van der Waals surface area contributed by atoms with Crippen molar-refractivity contribution in [3.63, 3.8) is 0 Å². The van der Waals surface area contributed by atoms with Gasteiger partial charge in [-0.2, -0.15) is 0 Å². The third-order valence-corrected chi connectivity index (χ3v) is 8.61. The summed E-state index contributed by atoms with van der Waals surface area (Å²) >= 11 is 0. The Bertz CT molecular complexity index is 1550. The lowest BCUT2D eigenvalue weighted by atomic mass is 10.1. The van der Waals surface area contributed by atoms with Crippen molar-refractivity contribution in [2.75, 3.05) is 4.72 Å². The highest BCUT2D eigenvalue weighted by atomic mass is 32.2. The molecular formula is C27H23N2O4S2-. The Morgan fingerprint density at radius 2 is 1.29 bits per heavy atom. The molecule has 1 aliphatic carbocycles. The lowest BCUT2D eigenvalue weighted by molar-refractivity contribution is 0.600. The fraction of sp³-hybridized carbons (Fsp3) is 0.111. The molecule has 0 spiro atoms. The van der Waals surface area contributed by atoms with Crippen molar-refractivity contribution < 1.29 is 16.8 Å². The van der Waals surface area contributed by atoms with Gasteiger partial charge >= 0.3 is 0 Å². The molecule has 0 heterocycles. The number of benzene rings is 4. The van der Waals surface area contributed by atoms with Crippen molar-refractivity contribution >= 4 is 31.4 Å². The van der Waals surface area contributed by atoms with Gasteiger partial charge in [-0.3, -0.25) is 4.72 Å². The highest BCUT2D eigenvalue weighted by Gasteiger charge is 2.23.